The quantitative estimate of drug-likeness (QED) is 0.867. The van der Waals surface area contributed by atoms with Crippen molar-refractivity contribution in [3.05, 3.63) is 35.4 Å². The van der Waals surface area contributed by atoms with E-state index in [0.717, 1.165) is 13.0 Å². The Labute approximate surface area is 103 Å². The van der Waals surface area contributed by atoms with E-state index in [-0.39, 0.29) is 0 Å². The molecule has 1 unspecified atom stereocenters. The summed E-state index contributed by atoms with van der Waals surface area (Å²) < 4.78 is 0. The van der Waals surface area contributed by atoms with Crippen molar-refractivity contribution < 1.29 is 0 Å². The summed E-state index contributed by atoms with van der Waals surface area (Å²) >= 11 is 0. The number of nitrogens with zero attached hydrogens (tertiary/aromatic N) is 2. The van der Waals surface area contributed by atoms with Crippen LogP contribution in [0.2, 0.25) is 0 Å². The van der Waals surface area contributed by atoms with E-state index in [1.165, 1.54) is 11.1 Å². The predicted molar refractivity (Wildman–Crippen MR) is 72.0 cm³/mol. The number of hydrogen-bond donors (Lipinski definition) is 1. The van der Waals surface area contributed by atoms with E-state index in [9.17, 15) is 0 Å². The van der Waals surface area contributed by atoms with Gasteiger partial charge in [-0.3, -0.25) is 4.99 Å². The second-order valence-corrected chi connectivity index (χ2v) is 4.77. The van der Waals surface area contributed by atoms with Gasteiger partial charge in [-0.2, -0.15) is 0 Å². The van der Waals surface area contributed by atoms with Crippen LogP contribution in [0.5, 0.6) is 0 Å². The van der Waals surface area contributed by atoms with Crippen molar-refractivity contribution >= 4 is 5.96 Å². The average molecular weight is 231 g/mol. The van der Waals surface area contributed by atoms with Crippen molar-refractivity contribution in [2.24, 2.45) is 10.7 Å². The van der Waals surface area contributed by atoms with E-state index in [0.29, 0.717) is 18.0 Å². The minimum absolute atomic E-state index is 0.311. The first kappa shape index (κ1) is 12.0. The Morgan fingerprint density at radius 3 is 2.76 bits per heavy atom. The third kappa shape index (κ3) is 2.14. The molecule has 0 fully saturated rings. The zero-order valence-electron chi connectivity index (χ0n) is 10.9. The molecule has 0 saturated carbocycles. The van der Waals surface area contributed by atoms with Gasteiger partial charge < -0.3 is 10.6 Å². The third-order valence-electron chi connectivity index (χ3n) is 3.38. The molecule has 3 nitrogen and oxygen atoms in total. The Balaban J connectivity index is 2.34. The molecule has 3 heteroatoms. The van der Waals surface area contributed by atoms with E-state index in [2.05, 4.69) is 54.9 Å². The fraction of sp³-hybridized carbons (Fsp3) is 0.500. The second kappa shape index (κ2) is 4.78. The van der Waals surface area contributed by atoms with Gasteiger partial charge in [-0.25, -0.2) is 0 Å². The van der Waals surface area contributed by atoms with E-state index < -0.39 is 0 Å². The molecule has 0 amide bonds. The van der Waals surface area contributed by atoms with Crippen LogP contribution in [0.15, 0.2) is 29.3 Å². The normalized spacial score (nSPS) is 19.9. The molecule has 92 valence electrons. The minimum Gasteiger partial charge on any atom is -0.370 e. The Morgan fingerprint density at radius 2 is 2.12 bits per heavy atom. The van der Waals surface area contributed by atoms with Gasteiger partial charge in [-0.05, 0) is 31.4 Å². The molecular formula is C14H21N3. The zero-order valence-corrected chi connectivity index (χ0v) is 10.9. The highest BCUT2D eigenvalue weighted by atomic mass is 15.3. The number of aliphatic imine (C=N–C) groups is 1. The van der Waals surface area contributed by atoms with E-state index in [1.54, 1.807) is 0 Å². The SMILES string of the molecule is CCc1ccccc1C1CN=C(N)N1C(C)C. The largest absolute Gasteiger partial charge is 0.370 e. The van der Waals surface area contributed by atoms with Crippen LogP contribution >= 0.6 is 0 Å². The maximum atomic E-state index is 5.98. The highest BCUT2D eigenvalue weighted by Crippen LogP contribution is 2.29. The van der Waals surface area contributed by atoms with Crippen LogP contribution in [0.3, 0.4) is 0 Å². The standard InChI is InChI=1S/C14H21N3/c1-4-11-7-5-6-8-12(11)13-9-16-14(15)17(13)10(2)3/h5-8,10,13H,4,9H2,1-3H3,(H2,15,16). The molecule has 1 aliphatic rings. The summed E-state index contributed by atoms with van der Waals surface area (Å²) in [5, 5.41) is 0. The Bertz CT molecular complexity index is 423. The van der Waals surface area contributed by atoms with E-state index >= 15 is 0 Å². The Kier molecular flexibility index (Phi) is 3.36. The number of rotatable bonds is 3. The average Bonchev–Trinajstić information content (AvgIpc) is 2.71. The predicted octanol–water partition coefficient (Wildman–Crippen LogP) is 2.33. The van der Waals surface area contributed by atoms with Crippen molar-refractivity contribution in [1.82, 2.24) is 4.90 Å². The smallest absolute Gasteiger partial charge is 0.192 e. The molecule has 1 atom stereocenters. The van der Waals surface area contributed by atoms with Gasteiger partial charge in [0.05, 0.1) is 12.6 Å². The molecule has 0 bridgehead atoms. The van der Waals surface area contributed by atoms with Crippen LogP contribution in [0.4, 0.5) is 0 Å². The Morgan fingerprint density at radius 1 is 1.41 bits per heavy atom. The highest BCUT2D eigenvalue weighted by molar-refractivity contribution is 5.80. The molecule has 2 N–H and O–H groups in total. The summed E-state index contributed by atoms with van der Waals surface area (Å²) in [5.41, 5.74) is 8.74. The van der Waals surface area contributed by atoms with Crippen molar-refractivity contribution in [3.8, 4) is 0 Å². The summed E-state index contributed by atoms with van der Waals surface area (Å²) in [6.45, 7) is 7.29. The number of hydrogen-bond acceptors (Lipinski definition) is 3. The van der Waals surface area contributed by atoms with Crippen LogP contribution in [-0.4, -0.2) is 23.4 Å². The lowest BCUT2D eigenvalue weighted by molar-refractivity contribution is 0.289. The Hall–Kier alpha value is -1.51. The van der Waals surface area contributed by atoms with Crippen LogP contribution in [0, 0.1) is 0 Å². The lowest BCUT2D eigenvalue weighted by Crippen LogP contribution is -2.41. The van der Waals surface area contributed by atoms with Crippen LogP contribution in [0.25, 0.3) is 0 Å². The third-order valence-corrected chi connectivity index (χ3v) is 3.38. The number of guanidine groups is 1. The number of aryl methyl sites for hydroxylation is 1. The summed E-state index contributed by atoms with van der Waals surface area (Å²) in [4.78, 5) is 6.61. The van der Waals surface area contributed by atoms with Gasteiger partial charge in [0.15, 0.2) is 5.96 Å². The molecule has 0 saturated heterocycles. The summed E-state index contributed by atoms with van der Waals surface area (Å²) in [6.07, 6.45) is 1.05. The monoisotopic (exact) mass is 231 g/mol. The molecule has 17 heavy (non-hydrogen) atoms. The van der Waals surface area contributed by atoms with Crippen LogP contribution < -0.4 is 5.73 Å². The minimum atomic E-state index is 0.311. The molecule has 1 aliphatic heterocycles. The first-order valence-corrected chi connectivity index (χ1v) is 6.31. The van der Waals surface area contributed by atoms with E-state index in [1.807, 2.05) is 0 Å². The van der Waals surface area contributed by atoms with Crippen LogP contribution in [-0.2, 0) is 6.42 Å². The van der Waals surface area contributed by atoms with Crippen LogP contribution in [0.1, 0.15) is 37.9 Å². The lowest BCUT2D eigenvalue weighted by Gasteiger charge is -2.31. The molecule has 1 heterocycles. The van der Waals surface area contributed by atoms with Gasteiger partial charge in [0, 0.05) is 6.04 Å². The van der Waals surface area contributed by atoms with E-state index in [4.69, 9.17) is 5.73 Å². The fourth-order valence-electron chi connectivity index (χ4n) is 2.56. The number of benzene rings is 1. The fourth-order valence-corrected chi connectivity index (χ4v) is 2.56. The second-order valence-electron chi connectivity index (χ2n) is 4.77. The summed E-state index contributed by atoms with van der Waals surface area (Å²) in [6, 6.07) is 9.29. The zero-order chi connectivity index (χ0) is 12.4. The molecular weight excluding hydrogens is 210 g/mol. The molecule has 1 aromatic carbocycles. The summed E-state index contributed by atoms with van der Waals surface area (Å²) in [7, 11) is 0. The van der Waals surface area contributed by atoms with Crippen molar-refractivity contribution in [2.45, 2.75) is 39.3 Å². The van der Waals surface area contributed by atoms with Gasteiger partial charge in [0.2, 0.25) is 0 Å². The van der Waals surface area contributed by atoms with Gasteiger partial charge in [-0.1, -0.05) is 31.2 Å². The lowest BCUT2D eigenvalue weighted by atomic mass is 9.97. The maximum Gasteiger partial charge on any atom is 0.192 e. The summed E-state index contributed by atoms with van der Waals surface area (Å²) in [5.74, 6) is 0.677. The maximum absolute atomic E-state index is 5.98. The number of nitrogens with two attached hydrogens (primary N) is 1. The van der Waals surface area contributed by atoms with Crippen molar-refractivity contribution in [2.75, 3.05) is 6.54 Å². The molecule has 0 aliphatic carbocycles. The van der Waals surface area contributed by atoms with Gasteiger partial charge in [0.1, 0.15) is 0 Å². The van der Waals surface area contributed by atoms with Gasteiger partial charge >= 0.3 is 0 Å². The topological polar surface area (TPSA) is 41.6 Å². The molecule has 0 aromatic heterocycles. The van der Waals surface area contributed by atoms with Gasteiger partial charge in [0.25, 0.3) is 0 Å². The first-order chi connectivity index (χ1) is 8.15. The molecule has 0 radical (unpaired) electrons. The molecule has 2 rings (SSSR count). The molecule has 1 aromatic rings. The highest BCUT2D eigenvalue weighted by Gasteiger charge is 2.30. The molecule has 0 spiro atoms. The first-order valence-electron chi connectivity index (χ1n) is 6.31. The van der Waals surface area contributed by atoms with Crippen molar-refractivity contribution in [1.29, 1.82) is 0 Å². The van der Waals surface area contributed by atoms with Gasteiger partial charge in [-0.15, -0.1) is 0 Å². The van der Waals surface area contributed by atoms with Crippen molar-refractivity contribution in [3.63, 3.8) is 0 Å².